The van der Waals surface area contributed by atoms with Gasteiger partial charge in [0.05, 0.1) is 3.57 Å². The van der Waals surface area contributed by atoms with Crippen molar-refractivity contribution in [1.29, 1.82) is 0 Å². The Morgan fingerprint density at radius 1 is 0.895 bits per heavy atom. The normalized spacial score (nSPS) is 10.6. The van der Waals surface area contributed by atoms with E-state index < -0.39 is 0 Å². The minimum Gasteiger partial charge on any atom is -0.436 e. The van der Waals surface area contributed by atoms with E-state index in [0.717, 1.165) is 20.1 Å². The van der Waals surface area contributed by atoms with Crippen LogP contribution in [0.25, 0.3) is 10.8 Å². The van der Waals surface area contributed by atoms with E-state index in [-0.39, 0.29) is 0 Å². The predicted octanol–water partition coefficient (Wildman–Crippen LogP) is 4.68. The fraction of sp³-hybridized carbons (Fsp3) is 0. The van der Waals surface area contributed by atoms with Gasteiger partial charge >= 0.3 is 0 Å². The van der Waals surface area contributed by atoms with Crippen molar-refractivity contribution in [2.75, 3.05) is 0 Å². The molecule has 3 aromatic rings. The first kappa shape index (κ1) is 12.6. The molecule has 0 radical (unpaired) electrons. The van der Waals surface area contributed by atoms with Crippen LogP contribution in [0.5, 0.6) is 11.6 Å². The molecular formula is C14H8ClIN2O. The van der Waals surface area contributed by atoms with Crippen LogP contribution >= 0.6 is 34.2 Å². The van der Waals surface area contributed by atoms with Crippen LogP contribution in [0.3, 0.4) is 0 Å². The van der Waals surface area contributed by atoms with Crippen molar-refractivity contribution in [1.82, 2.24) is 10.2 Å². The molecule has 1 heterocycles. The summed E-state index contributed by atoms with van der Waals surface area (Å²) in [5, 5.41) is 10.0. The molecule has 94 valence electrons. The number of hydrogen-bond acceptors (Lipinski definition) is 3. The lowest BCUT2D eigenvalue weighted by Crippen LogP contribution is -1.94. The molecule has 19 heavy (non-hydrogen) atoms. The molecule has 1 aromatic heterocycles. The van der Waals surface area contributed by atoms with Gasteiger partial charge in [-0.3, -0.25) is 0 Å². The van der Waals surface area contributed by atoms with Crippen molar-refractivity contribution < 1.29 is 4.74 Å². The maximum Gasteiger partial charge on any atom is 0.246 e. The third-order valence-electron chi connectivity index (χ3n) is 2.65. The van der Waals surface area contributed by atoms with Gasteiger partial charge in [0.25, 0.3) is 0 Å². The third kappa shape index (κ3) is 2.50. The van der Waals surface area contributed by atoms with Gasteiger partial charge in [0.15, 0.2) is 5.15 Å². The zero-order chi connectivity index (χ0) is 13.2. The minimum absolute atomic E-state index is 0.380. The van der Waals surface area contributed by atoms with E-state index in [2.05, 4.69) is 32.8 Å². The maximum absolute atomic E-state index is 6.03. The molecule has 0 bridgehead atoms. The summed E-state index contributed by atoms with van der Waals surface area (Å²) in [4.78, 5) is 0. The first-order chi connectivity index (χ1) is 9.25. The van der Waals surface area contributed by atoms with Crippen LogP contribution < -0.4 is 4.74 Å². The van der Waals surface area contributed by atoms with Gasteiger partial charge < -0.3 is 4.74 Å². The fourth-order valence-corrected chi connectivity index (χ4v) is 2.45. The predicted molar refractivity (Wildman–Crippen MR) is 83.8 cm³/mol. The molecule has 0 N–H and O–H groups in total. The Morgan fingerprint density at radius 3 is 2.37 bits per heavy atom. The lowest BCUT2D eigenvalue weighted by molar-refractivity contribution is 0.459. The Bertz CT molecular complexity index is 748. The Kier molecular flexibility index (Phi) is 3.52. The van der Waals surface area contributed by atoms with Gasteiger partial charge in [0.2, 0.25) is 5.88 Å². The zero-order valence-corrected chi connectivity index (χ0v) is 12.6. The summed E-state index contributed by atoms with van der Waals surface area (Å²) in [5.41, 5.74) is 0. The van der Waals surface area contributed by atoms with Gasteiger partial charge in [-0.05, 0) is 40.8 Å². The highest BCUT2D eigenvalue weighted by Crippen LogP contribution is 2.32. The summed E-state index contributed by atoms with van der Waals surface area (Å²) in [6, 6.07) is 15.4. The molecule has 0 aliphatic heterocycles. The van der Waals surface area contributed by atoms with Crippen LogP contribution in [0, 0.1) is 3.57 Å². The number of aromatic nitrogens is 2. The van der Waals surface area contributed by atoms with Crippen LogP contribution in [0.1, 0.15) is 0 Å². The molecule has 0 saturated carbocycles. The van der Waals surface area contributed by atoms with Crippen molar-refractivity contribution >= 4 is 45.0 Å². The number of para-hydroxylation sites is 1. The number of hydrogen-bond donors (Lipinski definition) is 0. The summed E-state index contributed by atoms with van der Waals surface area (Å²) in [7, 11) is 0. The van der Waals surface area contributed by atoms with Crippen molar-refractivity contribution in [3.05, 3.63) is 57.3 Å². The van der Waals surface area contributed by atoms with E-state index in [1.807, 2.05) is 48.5 Å². The topological polar surface area (TPSA) is 35.0 Å². The van der Waals surface area contributed by atoms with Crippen molar-refractivity contribution in [2.45, 2.75) is 0 Å². The second-order valence-electron chi connectivity index (χ2n) is 3.87. The van der Waals surface area contributed by atoms with E-state index in [1.165, 1.54) is 0 Å². The number of nitrogens with zero attached hydrogens (tertiary/aromatic N) is 2. The first-order valence-corrected chi connectivity index (χ1v) is 7.04. The lowest BCUT2D eigenvalue weighted by atomic mass is 10.2. The Hall–Kier alpha value is -1.40. The molecule has 0 spiro atoms. The van der Waals surface area contributed by atoms with E-state index in [9.17, 15) is 0 Å². The molecule has 0 unspecified atom stereocenters. The van der Waals surface area contributed by atoms with Gasteiger partial charge in [-0.25, -0.2) is 0 Å². The first-order valence-electron chi connectivity index (χ1n) is 5.59. The second-order valence-corrected chi connectivity index (χ2v) is 5.39. The van der Waals surface area contributed by atoms with Crippen molar-refractivity contribution in [3.8, 4) is 11.6 Å². The van der Waals surface area contributed by atoms with Crippen LogP contribution in [-0.2, 0) is 0 Å². The Morgan fingerprint density at radius 2 is 1.58 bits per heavy atom. The highest BCUT2D eigenvalue weighted by Gasteiger charge is 2.10. The van der Waals surface area contributed by atoms with E-state index in [4.69, 9.17) is 16.3 Å². The average Bonchev–Trinajstić information content (AvgIpc) is 2.44. The lowest BCUT2D eigenvalue weighted by Gasteiger charge is -2.08. The highest BCUT2D eigenvalue weighted by atomic mass is 127. The molecule has 0 atom stereocenters. The standard InChI is InChI=1S/C14H8ClIN2O/c15-13-9-5-1-2-6-10(9)14(18-17-13)19-12-8-4-3-7-11(12)16/h1-8H. The molecule has 3 rings (SSSR count). The largest absolute Gasteiger partial charge is 0.436 e. The van der Waals surface area contributed by atoms with Crippen molar-refractivity contribution in [2.24, 2.45) is 0 Å². The summed E-state index contributed by atoms with van der Waals surface area (Å²) in [5.74, 6) is 1.22. The van der Waals surface area contributed by atoms with Crippen LogP contribution in [0.15, 0.2) is 48.5 Å². The molecule has 0 saturated heterocycles. The molecule has 0 amide bonds. The molecule has 3 nitrogen and oxygen atoms in total. The van der Waals surface area contributed by atoms with Gasteiger partial charge in [-0.15, -0.1) is 10.2 Å². The molecule has 0 fully saturated rings. The van der Waals surface area contributed by atoms with Crippen LogP contribution in [-0.4, -0.2) is 10.2 Å². The number of rotatable bonds is 2. The molecule has 0 aliphatic rings. The number of benzene rings is 2. The summed E-state index contributed by atoms with van der Waals surface area (Å²) in [6.07, 6.45) is 0. The average molecular weight is 383 g/mol. The second kappa shape index (κ2) is 5.30. The number of halogens is 2. The smallest absolute Gasteiger partial charge is 0.246 e. The monoisotopic (exact) mass is 382 g/mol. The third-order valence-corrected chi connectivity index (χ3v) is 3.82. The Labute approximate surface area is 128 Å². The SMILES string of the molecule is Clc1nnc(Oc2ccccc2I)c2ccccc12. The van der Waals surface area contributed by atoms with E-state index in [1.54, 1.807) is 0 Å². The quantitative estimate of drug-likeness (QED) is 0.604. The fourth-order valence-electron chi connectivity index (χ4n) is 1.75. The van der Waals surface area contributed by atoms with Crippen LogP contribution in [0.4, 0.5) is 0 Å². The van der Waals surface area contributed by atoms with Crippen molar-refractivity contribution in [3.63, 3.8) is 0 Å². The zero-order valence-electron chi connectivity index (χ0n) is 9.68. The van der Waals surface area contributed by atoms with Gasteiger partial charge in [0, 0.05) is 10.8 Å². The molecule has 2 aromatic carbocycles. The number of ether oxygens (including phenoxy) is 1. The highest BCUT2D eigenvalue weighted by molar-refractivity contribution is 14.1. The minimum atomic E-state index is 0.380. The van der Waals surface area contributed by atoms with E-state index >= 15 is 0 Å². The van der Waals surface area contributed by atoms with Gasteiger partial charge in [0.1, 0.15) is 5.75 Å². The molecule has 0 aliphatic carbocycles. The van der Waals surface area contributed by atoms with Gasteiger partial charge in [-0.2, -0.15) is 0 Å². The van der Waals surface area contributed by atoms with Gasteiger partial charge in [-0.1, -0.05) is 41.9 Å². The van der Waals surface area contributed by atoms with E-state index in [0.29, 0.717) is 11.0 Å². The molecular weight excluding hydrogens is 375 g/mol. The molecule has 5 heteroatoms. The summed E-state index contributed by atoms with van der Waals surface area (Å²) >= 11 is 8.25. The maximum atomic E-state index is 6.03. The Balaban J connectivity index is 2.12. The van der Waals surface area contributed by atoms with Crippen LogP contribution in [0.2, 0.25) is 5.15 Å². The number of fused-ring (bicyclic) bond motifs is 1. The summed E-state index contributed by atoms with van der Waals surface area (Å²) < 4.78 is 6.85. The summed E-state index contributed by atoms with van der Waals surface area (Å²) in [6.45, 7) is 0.